The van der Waals surface area contributed by atoms with Gasteiger partial charge in [0.15, 0.2) is 0 Å². The third-order valence-electron chi connectivity index (χ3n) is 17.4. The molecule has 0 spiro atoms. The Kier molecular flexibility index (Phi) is 8.52. The van der Waals surface area contributed by atoms with Crippen LogP contribution in [0.15, 0.2) is 200 Å². The molecule has 0 N–H and O–H groups in total. The van der Waals surface area contributed by atoms with Crippen LogP contribution >= 0.6 is 0 Å². The third-order valence-corrected chi connectivity index (χ3v) is 20.6. The molecule has 1 aliphatic heterocycles. The average molecular weight is 887 g/mol. The Bertz CT molecular complexity index is 3740. The number of hydrogen-bond donors (Lipinski definition) is 0. The Morgan fingerprint density at radius 3 is 1.69 bits per heavy atom. The third kappa shape index (κ3) is 5.54. The van der Waals surface area contributed by atoms with E-state index in [1.807, 2.05) is 0 Å². The highest BCUT2D eigenvalue weighted by atomic mass is 28.3. The van der Waals surface area contributed by atoms with Gasteiger partial charge < -0.3 is 0 Å². The highest BCUT2D eigenvalue weighted by Crippen LogP contribution is 2.55. The van der Waals surface area contributed by atoms with Crippen LogP contribution in [0, 0.1) is 0 Å². The van der Waals surface area contributed by atoms with Crippen LogP contribution in [0.5, 0.6) is 0 Å². The summed E-state index contributed by atoms with van der Waals surface area (Å²) in [4.78, 5) is 0. The van der Waals surface area contributed by atoms with Gasteiger partial charge in [0.1, 0.15) is 0 Å². The largest absolute Gasteiger partial charge is 0.0831 e. The van der Waals surface area contributed by atoms with E-state index < -0.39 is 8.80 Å². The summed E-state index contributed by atoms with van der Waals surface area (Å²) >= 11 is 0. The molecule has 68 heavy (non-hydrogen) atoms. The molecule has 0 nitrogen and oxygen atoms in total. The maximum absolute atomic E-state index is 2.71. The lowest BCUT2D eigenvalue weighted by Crippen LogP contribution is -2.26. The van der Waals surface area contributed by atoms with Gasteiger partial charge in [-0.3, -0.25) is 0 Å². The molecule has 14 rings (SSSR count). The quantitative estimate of drug-likeness (QED) is 0.122. The van der Waals surface area contributed by atoms with Crippen LogP contribution in [0.2, 0.25) is 12.1 Å². The maximum atomic E-state index is 2.71. The molecule has 1 heteroatoms. The zero-order valence-electron chi connectivity index (χ0n) is 39.6. The van der Waals surface area contributed by atoms with Gasteiger partial charge in [-0.05, 0) is 152 Å². The summed E-state index contributed by atoms with van der Waals surface area (Å²) in [6, 6.07) is 66.2. The van der Waals surface area contributed by atoms with Crippen molar-refractivity contribution in [3.63, 3.8) is 0 Å². The summed E-state index contributed by atoms with van der Waals surface area (Å²) < 4.78 is 0. The first kappa shape index (κ1) is 40.0. The molecule has 4 unspecified atom stereocenters. The molecule has 1 heterocycles. The molecule has 0 saturated heterocycles. The van der Waals surface area contributed by atoms with Crippen molar-refractivity contribution in [2.45, 2.75) is 68.9 Å². The van der Waals surface area contributed by atoms with Crippen molar-refractivity contribution in [1.82, 2.24) is 0 Å². The van der Waals surface area contributed by atoms with Gasteiger partial charge in [0.05, 0.1) is 8.80 Å². The molecule has 326 valence electrons. The number of rotatable bonds is 4. The second-order valence-corrected chi connectivity index (χ2v) is 24.4. The fourth-order valence-corrected chi connectivity index (χ4v) is 17.0. The Morgan fingerprint density at radius 1 is 0.441 bits per heavy atom. The van der Waals surface area contributed by atoms with Gasteiger partial charge in [0.2, 0.25) is 0 Å². The normalized spacial score (nSPS) is 20.6. The fourth-order valence-electron chi connectivity index (χ4n) is 13.9. The molecular weight excluding hydrogens is 833 g/mol. The van der Waals surface area contributed by atoms with E-state index in [0.29, 0.717) is 11.5 Å². The standard InChI is InChI=1S/C67H54Si/c1-66(2)58-24-14-11-21-48(58)50-30-28-42(36-60(50)66)64-53-32-27-41(45-34-33-44(40-17-7-6-8-18-40)46-19-9-10-20-47(45)46)35-55(53)65(43-29-31-51-49-22-12-15-25-59(49)67(3,4)61(51)37-43)57-39-63-54(38-56(57)64)52-23-13-16-26-62(52)68(63)5/h6-33,35-39,45,52,62,68H,34H2,1-5H3. The Labute approximate surface area is 402 Å². The van der Waals surface area contributed by atoms with Crippen LogP contribution in [0.1, 0.15) is 96.0 Å². The van der Waals surface area contributed by atoms with E-state index >= 15 is 0 Å². The van der Waals surface area contributed by atoms with Crippen molar-refractivity contribution in [3.8, 4) is 44.5 Å². The monoisotopic (exact) mass is 886 g/mol. The molecule has 5 aliphatic rings. The Hall–Kier alpha value is -7.06. The first-order valence-corrected chi connectivity index (χ1v) is 27.3. The maximum Gasteiger partial charge on any atom is 0.0759 e. The highest BCUT2D eigenvalue weighted by molar-refractivity contribution is 6.76. The minimum Gasteiger partial charge on any atom is -0.0831 e. The van der Waals surface area contributed by atoms with Gasteiger partial charge >= 0.3 is 0 Å². The predicted molar refractivity (Wildman–Crippen MR) is 291 cm³/mol. The molecule has 0 radical (unpaired) electrons. The van der Waals surface area contributed by atoms with Crippen molar-refractivity contribution < 1.29 is 0 Å². The minimum atomic E-state index is -1.35. The molecule has 0 fully saturated rings. The average Bonchev–Trinajstić information content (AvgIpc) is 3.89. The summed E-state index contributed by atoms with van der Waals surface area (Å²) in [5.41, 5.74) is 25.2. The Balaban J connectivity index is 1.07. The predicted octanol–water partition coefficient (Wildman–Crippen LogP) is 16.6. The molecule has 4 aliphatic carbocycles. The van der Waals surface area contributed by atoms with Crippen LogP contribution in [-0.2, 0) is 10.8 Å². The summed E-state index contributed by atoms with van der Waals surface area (Å²) in [6.45, 7) is 12.3. The van der Waals surface area contributed by atoms with E-state index in [1.165, 1.54) is 116 Å². The number of fused-ring (bicyclic) bond motifs is 12. The van der Waals surface area contributed by atoms with Crippen molar-refractivity contribution in [3.05, 3.63) is 250 Å². The summed E-state index contributed by atoms with van der Waals surface area (Å²) in [6.07, 6.45) is 13.1. The van der Waals surface area contributed by atoms with E-state index in [9.17, 15) is 0 Å². The second-order valence-electron chi connectivity index (χ2n) is 21.5. The molecular formula is C67H54Si. The molecule has 0 aromatic heterocycles. The van der Waals surface area contributed by atoms with E-state index in [4.69, 9.17) is 0 Å². The van der Waals surface area contributed by atoms with Crippen molar-refractivity contribution in [1.29, 1.82) is 0 Å². The fraction of sp³-hybridized carbons (Fsp3) is 0.164. The van der Waals surface area contributed by atoms with Gasteiger partial charge in [-0.15, -0.1) is 0 Å². The van der Waals surface area contributed by atoms with E-state index in [-0.39, 0.29) is 16.7 Å². The number of allylic oxidation sites excluding steroid dienone is 5. The second kappa shape index (κ2) is 14.5. The van der Waals surface area contributed by atoms with Gasteiger partial charge in [-0.1, -0.05) is 221 Å². The van der Waals surface area contributed by atoms with Crippen LogP contribution < -0.4 is 5.19 Å². The van der Waals surface area contributed by atoms with Crippen molar-refractivity contribution in [2.75, 3.05) is 0 Å². The number of hydrogen-bond acceptors (Lipinski definition) is 0. The van der Waals surface area contributed by atoms with Gasteiger partial charge in [0, 0.05) is 22.7 Å². The first-order valence-electron chi connectivity index (χ1n) is 24.9. The molecule has 9 aromatic carbocycles. The van der Waals surface area contributed by atoms with Crippen LogP contribution in [0.3, 0.4) is 0 Å². The minimum absolute atomic E-state index is 0.106. The van der Waals surface area contributed by atoms with Crippen LogP contribution in [0.25, 0.3) is 71.6 Å². The van der Waals surface area contributed by atoms with Crippen LogP contribution in [-0.4, -0.2) is 8.80 Å². The smallest absolute Gasteiger partial charge is 0.0759 e. The highest BCUT2D eigenvalue weighted by Gasteiger charge is 2.40. The van der Waals surface area contributed by atoms with Gasteiger partial charge in [-0.2, -0.15) is 0 Å². The SMILES string of the molecule is C[SiH]1c2cc3c(-c4ccc5c(c4)C(C)(C)c4ccccc4-5)c4cc(C5CC=C(c6ccccc6)c6ccccc65)ccc4c(-c4ccc5c(c4)C(C)(C)c4ccccc4-5)c3cc2C2C=CC=CC21. The van der Waals surface area contributed by atoms with Gasteiger partial charge in [0.25, 0.3) is 0 Å². The topological polar surface area (TPSA) is 0 Å². The first-order chi connectivity index (χ1) is 33.2. The van der Waals surface area contributed by atoms with E-state index in [1.54, 1.807) is 10.8 Å². The summed E-state index contributed by atoms with van der Waals surface area (Å²) in [5.74, 6) is 0.667. The van der Waals surface area contributed by atoms with E-state index in [0.717, 1.165) is 6.42 Å². The number of benzene rings is 9. The molecule has 4 atom stereocenters. The van der Waals surface area contributed by atoms with Crippen LogP contribution in [0.4, 0.5) is 0 Å². The Morgan fingerprint density at radius 2 is 1.00 bits per heavy atom. The lowest BCUT2D eigenvalue weighted by atomic mass is 9.76. The zero-order valence-corrected chi connectivity index (χ0v) is 40.7. The summed E-state index contributed by atoms with van der Waals surface area (Å²) in [7, 11) is -1.35. The molecule has 0 amide bonds. The van der Waals surface area contributed by atoms with Gasteiger partial charge in [-0.25, -0.2) is 0 Å². The van der Waals surface area contributed by atoms with Crippen molar-refractivity contribution >= 4 is 41.1 Å². The zero-order chi connectivity index (χ0) is 45.6. The lowest BCUT2D eigenvalue weighted by Gasteiger charge is -2.28. The lowest BCUT2D eigenvalue weighted by molar-refractivity contribution is 0.660. The molecule has 9 aromatic rings. The summed E-state index contributed by atoms with van der Waals surface area (Å²) in [5, 5.41) is 7.07. The van der Waals surface area contributed by atoms with E-state index in [2.05, 4.69) is 234 Å². The molecule has 0 saturated carbocycles. The molecule has 0 bridgehead atoms. The van der Waals surface area contributed by atoms with Crippen molar-refractivity contribution in [2.24, 2.45) is 0 Å².